The number of benzene rings is 2. The minimum Gasteiger partial charge on any atom is -0.291 e. The third-order valence-corrected chi connectivity index (χ3v) is 7.29. The largest absolute Gasteiger partial charge is 0.291 e. The minimum atomic E-state index is -0.327. The van der Waals surface area contributed by atoms with E-state index in [0.717, 1.165) is 24.9 Å². The van der Waals surface area contributed by atoms with Gasteiger partial charge in [0.15, 0.2) is 0 Å². The van der Waals surface area contributed by atoms with Crippen molar-refractivity contribution in [2.24, 2.45) is 0 Å². The molecule has 1 spiro atoms. The second kappa shape index (κ2) is 6.37. The summed E-state index contributed by atoms with van der Waals surface area (Å²) in [6, 6.07) is 12.4. The molecule has 130 valence electrons. The number of hydrogen-bond acceptors (Lipinski definition) is 2. The zero-order valence-electron chi connectivity index (χ0n) is 14.6. The minimum absolute atomic E-state index is 0.157. The second-order valence-electron chi connectivity index (χ2n) is 7.05. The van der Waals surface area contributed by atoms with Gasteiger partial charge in [0.2, 0.25) is 5.91 Å². The van der Waals surface area contributed by atoms with Gasteiger partial charge in [-0.3, -0.25) is 9.69 Å². The molecule has 1 saturated heterocycles. The van der Waals surface area contributed by atoms with Crippen LogP contribution in [0.3, 0.4) is 0 Å². The molecule has 1 aliphatic carbocycles. The van der Waals surface area contributed by atoms with Crippen LogP contribution in [0.4, 0.5) is 5.69 Å². The van der Waals surface area contributed by atoms with Gasteiger partial charge in [0.25, 0.3) is 0 Å². The number of rotatable bonds is 1. The number of anilines is 1. The van der Waals surface area contributed by atoms with Crippen LogP contribution in [-0.2, 0) is 16.1 Å². The summed E-state index contributed by atoms with van der Waals surface area (Å²) >= 11 is 8.27. The highest BCUT2D eigenvalue weighted by molar-refractivity contribution is 8.01. The topological polar surface area (TPSA) is 20.3 Å². The third-order valence-electron chi connectivity index (χ3n) is 5.49. The van der Waals surface area contributed by atoms with E-state index in [1.165, 1.54) is 28.7 Å². The van der Waals surface area contributed by atoms with E-state index in [1.54, 1.807) is 11.8 Å². The predicted octanol–water partition coefficient (Wildman–Crippen LogP) is 5.62. The van der Waals surface area contributed by atoms with Gasteiger partial charge in [-0.25, -0.2) is 0 Å². The van der Waals surface area contributed by atoms with Crippen LogP contribution in [-0.4, -0.2) is 11.7 Å². The molecule has 2 nitrogen and oxygen atoms in total. The molecule has 2 aliphatic rings. The maximum Gasteiger partial charge on any atom is 0.238 e. The Morgan fingerprint density at radius 2 is 1.88 bits per heavy atom. The van der Waals surface area contributed by atoms with Gasteiger partial charge in [-0.1, -0.05) is 35.9 Å². The third kappa shape index (κ3) is 2.69. The first kappa shape index (κ1) is 17.0. The molecule has 0 saturated carbocycles. The Hall–Kier alpha value is -1.45. The van der Waals surface area contributed by atoms with Crippen LogP contribution in [0.1, 0.15) is 41.5 Å². The Bertz CT molecular complexity index is 850. The van der Waals surface area contributed by atoms with Gasteiger partial charge in [0.1, 0.15) is 4.87 Å². The standard InChI is InChI=1S/C21H22ClNOS/c1-14-11-16-7-5-6-10-21(17(16)12-15(14)2)23(20(24)13-25-21)19-9-4-3-8-18(19)22/h3-4,8-9,11-12H,5-7,10,13H2,1-2H3. The maximum absolute atomic E-state index is 12.9. The van der Waals surface area contributed by atoms with Crippen molar-refractivity contribution in [2.45, 2.75) is 44.4 Å². The van der Waals surface area contributed by atoms with Crippen LogP contribution in [0.2, 0.25) is 5.02 Å². The van der Waals surface area contributed by atoms with Crippen molar-refractivity contribution >= 4 is 35.0 Å². The van der Waals surface area contributed by atoms with Crippen molar-refractivity contribution in [3.8, 4) is 0 Å². The lowest BCUT2D eigenvalue weighted by molar-refractivity contribution is -0.116. The molecule has 1 amide bonds. The van der Waals surface area contributed by atoms with Crippen LogP contribution in [0.15, 0.2) is 36.4 Å². The Morgan fingerprint density at radius 1 is 1.12 bits per heavy atom. The number of fused-ring (bicyclic) bond motifs is 2. The summed E-state index contributed by atoms with van der Waals surface area (Å²) in [5, 5.41) is 0.646. The number of aryl methyl sites for hydroxylation is 3. The first-order valence-corrected chi connectivity index (χ1v) is 10.2. The molecular weight excluding hydrogens is 350 g/mol. The van der Waals surface area contributed by atoms with Crippen molar-refractivity contribution in [3.63, 3.8) is 0 Å². The Labute approximate surface area is 158 Å². The lowest BCUT2D eigenvalue weighted by atomic mass is 9.92. The molecule has 0 aromatic heterocycles. The van der Waals surface area contributed by atoms with Crippen LogP contribution < -0.4 is 4.90 Å². The predicted molar refractivity (Wildman–Crippen MR) is 107 cm³/mol. The van der Waals surface area contributed by atoms with Crippen molar-refractivity contribution in [3.05, 3.63) is 63.7 Å². The summed E-state index contributed by atoms with van der Waals surface area (Å²) in [4.78, 5) is 14.6. The first-order valence-electron chi connectivity index (χ1n) is 8.85. The van der Waals surface area contributed by atoms with E-state index < -0.39 is 0 Å². The number of para-hydroxylation sites is 1. The molecular formula is C21H22ClNOS. The average molecular weight is 372 g/mol. The van der Waals surface area contributed by atoms with Crippen LogP contribution in [0.5, 0.6) is 0 Å². The van der Waals surface area contributed by atoms with Crippen molar-refractivity contribution in [1.82, 2.24) is 0 Å². The SMILES string of the molecule is Cc1cc2c(cc1C)C1(CCCC2)SCC(=O)N1c1ccccc1Cl. The normalized spacial score (nSPS) is 23.0. The number of carbonyl (C=O) groups excluding carboxylic acids is 1. The highest BCUT2D eigenvalue weighted by atomic mass is 35.5. The van der Waals surface area contributed by atoms with E-state index in [0.29, 0.717) is 10.8 Å². The maximum atomic E-state index is 12.9. The zero-order valence-corrected chi connectivity index (χ0v) is 16.2. The highest BCUT2D eigenvalue weighted by Crippen LogP contribution is 2.54. The van der Waals surface area contributed by atoms with Crippen molar-refractivity contribution in [1.29, 1.82) is 0 Å². The van der Waals surface area contributed by atoms with Crippen LogP contribution in [0, 0.1) is 13.8 Å². The van der Waals surface area contributed by atoms with Crippen molar-refractivity contribution < 1.29 is 4.79 Å². The van der Waals surface area contributed by atoms with Gasteiger partial charge in [0.05, 0.1) is 16.5 Å². The molecule has 1 atom stereocenters. The average Bonchev–Trinajstić information content (AvgIpc) is 2.82. The second-order valence-corrected chi connectivity index (χ2v) is 8.71. The van der Waals surface area contributed by atoms with Crippen molar-refractivity contribution in [2.75, 3.05) is 10.7 Å². The number of thioether (sulfide) groups is 1. The molecule has 0 radical (unpaired) electrons. The van der Waals surface area contributed by atoms with Gasteiger partial charge in [-0.05, 0) is 73.9 Å². The molecule has 4 rings (SSSR count). The summed E-state index contributed by atoms with van der Waals surface area (Å²) in [5.74, 6) is 0.668. The number of nitrogens with zero attached hydrogens (tertiary/aromatic N) is 1. The summed E-state index contributed by atoms with van der Waals surface area (Å²) in [6.45, 7) is 4.33. The summed E-state index contributed by atoms with van der Waals surface area (Å²) in [5.41, 5.74) is 6.16. The molecule has 2 aromatic rings. The molecule has 1 unspecified atom stereocenters. The zero-order chi connectivity index (χ0) is 17.6. The number of carbonyl (C=O) groups is 1. The first-order chi connectivity index (χ1) is 12.0. The van der Waals surface area contributed by atoms with E-state index >= 15 is 0 Å². The fraction of sp³-hybridized carbons (Fsp3) is 0.381. The Kier molecular flexibility index (Phi) is 4.33. The van der Waals surface area contributed by atoms with E-state index in [-0.39, 0.29) is 10.8 Å². The molecule has 25 heavy (non-hydrogen) atoms. The van der Waals surface area contributed by atoms with Crippen LogP contribution in [0.25, 0.3) is 0 Å². The monoisotopic (exact) mass is 371 g/mol. The quantitative estimate of drug-likeness (QED) is 0.648. The van der Waals surface area contributed by atoms with E-state index in [2.05, 4.69) is 26.0 Å². The fourth-order valence-corrected chi connectivity index (χ4v) is 5.79. The van der Waals surface area contributed by atoms with Gasteiger partial charge in [-0.2, -0.15) is 0 Å². The number of halogens is 1. The summed E-state index contributed by atoms with van der Waals surface area (Å²) < 4.78 is 0. The number of amides is 1. The van der Waals surface area contributed by atoms with Gasteiger partial charge in [0, 0.05) is 0 Å². The van der Waals surface area contributed by atoms with Gasteiger partial charge >= 0.3 is 0 Å². The summed E-state index contributed by atoms with van der Waals surface area (Å²) in [6.07, 6.45) is 4.35. The van der Waals surface area contributed by atoms with Gasteiger partial charge in [-0.15, -0.1) is 11.8 Å². The Morgan fingerprint density at radius 3 is 2.68 bits per heavy atom. The number of hydrogen-bond donors (Lipinski definition) is 0. The molecule has 1 heterocycles. The summed E-state index contributed by atoms with van der Waals surface area (Å²) in [7, 11) is 0. The molecule has 2 aromatic carbocycles. The van der Waals surface area contributed by atoms with E-state index in [1.807, 2.05) is 29.2 Å². The molecule has 1 fully saturated rings. The van der Waals surface area contributed by atoms with Crippen LogP contribution >= 0.6 is 23.4 Å². The smallest absolute Gasteiger partial charge is 0.238 e. The van der Waals surface area contributed by atoms with E-state index in [9.17, 15) is 4.79 Å². The van der Waals surface area contributed by atoms with Gasteiger partial charge < -0.3 is 0 Å². The molecule has 1 aliphatic heterocycles. The Balaban J connectivity index is 1.95. The lowest BCUT2D eigenvalue weighted by Gasteiger charge is -2.39. The fourth-order valence-electron chi connectivity index (χ4n) is 4.12. The van der Waals surface area contributed by atoms with E-state index in [4.69, 9.17) is 11.6 Å². The molecule has 0 bridgehead atoms. The highest BCUT2D eigenvalue weighted by Gasteiger charge is 2.50. The molecule has 0 N–H and O–H groups in total. The molecule has 4 heteroatoms. The lowest BCUT2D eigenvalue weighted by Crippen LogP contribution is -2.42.